The second-order valence-corrected chi connectivity index (χ2v) is 28.2. The van der Waals surface area contributed by atoms with E-state index in [1.165, 1.54) is 65.1 Å². The number of nitrogen functional groups attached to an aromatic ring is 1. The van der Waals surface area contributed by atoms with Crippen LogP contribution in [-0.4, -0.2) is 236 Å². The van der Waals surface area contributed by atoms with Crippen molar-refractivity contribution in [3.8, 4) is 11.5 Å². The number of rotatable bonds is 24. The molecule has 5 bridgehead atoms. The van der Waals surface area contributed by atoms with Gasteiger partial charge in [0.05, 0.1) is 79.7 Å². The third-order valence-electron chi connectivity index (χ3n) is 19.7. The van der Waals surface area contributed by atoms with Crippen molar-refractivity contribution in [2.45, 2.75) is 195 Å². The second-order valence-electron chi connectivity index (χ2n) is 28.2. The number of fused-ring (bicyclic) bond motifs is 3. The van der Waals surface area contributed by atoms with Gasteiger partial charge >= 0.3 is 11.8 Å². The number of aliphatic hydroxyl groups excluding tert-OH is 6. The van der Waals surface area contributed by atoms with Gasteiger partial charge in [-0.1, -0.05) is 87.5 Å². The van der Waals surface area contributed by atoms with Gasteiger partial charge in [-0.05, 0) is 63.7 Å². The monoisotopic (exact) mass is 1510 g/mol. The number of Topliss-reactive ketones (excluding diaryl/α,β-unsaturated/α-hetero) is 2. The predicted octanol–water partition coefficient (Wildman–Crippen LogP) is 3.29. The molecule has 0 saturated carbocycles. The van der Waals surface area contributed by atoms with E-state index in [1.54, 1.807) is 71.1 Å². The summed E-state index contributed by atoms with van der Waals surface area (Å²) in [7, 11) is 1.46. The maximum absolute atomic E-state index is 14.7. The number of hydrazine groups is 1. The summed E-state index contributed by atoms with van der Waals surface area (Å²) >= 11 is 0. The van der Waals surface area contributed by atoms with Gasteiger partial charge in [-0.25, -0.2) is 10.8 Å². The lowest BCUT2D eigenvalue weighted by Gasteiger charge is -2.38. The molecule has 108 heavy (non-hydrogen) atoms. The summed E-state index contributed by atoms with van der Waals surface area (Å²) in [6.07, 6.45) is 16.1. The summed E-state index contributed by atoms with van der Waals surface area (Å²) in [5.41, 5.74) is 7.40. The number of nitrogens with zero attached hydrogens (tertiary/aromatic N) is 5. The molecule has 2 aromatic heterocycles. The summed E-state index contributed by atoms with van der Waals surface area (Å²) in [6, 6.07) is 3.97. The molecule has 1 fully saturated rings. The van der Waals surface area contributed by atoms with Gasteiger partial charge in [-0.3, -0.25) is 49.2 Å². The Balaban J connectivity index is 0.000000416. The number of hydrogen-bond donors (Lipinski definition) is 16. The van der Waals surface area contributed by atoms with E-state index in [9.17, 15) is 44.1 Å². The molecule has 3 aromatic rings. The molecule has 31 heteroatoms. The van der Waals surface area contributed by atoms with Crippen molar-refractivity contribution in [3.63, 3.8) is 0 Å². The van der Waals surface area contributed by atoms with Crippen molar-refractivity contribution in [2.75, 3.05) is 79.4 Å². The van der Waals surface area contributed by atoms with Crippen LogP contribution in [0.2, 0.25) is 0 Å². The third kappa shape index (κ3) is 26.1. The summed E-state index contributed by atoms with van der Waals surface area (Å²) in [5, 5.41) is 89.6. The lowest BCUT2D eigenvalue weighted by atomic mass is 9.78. The van der Waals surface area contributed by atoms with Gasteiger partial charge in [-0.15, -0.1) is 0 Å². The number of carbonyl (C=O) groups excluding carboxylic acids is 6. The number of phenols is 1. The first-order valence-electron chi connectivity index (χ1n) is 37.3. The number of aromatic hydroxyl groups is 1. The number of primary amides is 1. The van der Waals surface area contributed by atoms with Gasteiger partial charge < -0.3 is 97.2 Å². The van der Waals surface area contributed by atoms with Gasteiger partial charge in [0, 0.05) is 175 Å². The number of nitrogens with two attached hydrogens (primary N) is 2. The molecule has 1 saturated heterocycles. The largest absolute Gasteiger partial charge is 0.507 e. The number of allylic oxidation sites excluding steroid dienone is 4. The molecular formula is C77H122N14O17. The average Bonchev–Trinajstić information content (AvgIpc) is 1.52. The Morgan fingerprint density at radius 3 is 1.75 bits per heavy atom. The number of benzene rings is 1. The summed E-state index contributed by atoms with van der Waals surface area (Å²) in [6.45, 7) is 31.8. The van der Waals surface area contributed by atoms with Crippen molar-refractivity contribution in [2.24, 2.45) is 46.2 Å². The molecule has 0 radical (unpaired) electrons. The zero-order valence-corrected chi connectivity index (χ0v) is 65.6. The standard InChI is InChI=1S/C46H62N4O11.2C10H24N2O2.C6H7N3O.C5H5N3O/c1-22(2)21-50-18-16-46(17-19-50)48-34-31-32-39(54)28(8)42-33(31)43(56)45(10,61-42)59-20-15-30(58-11)25(5)41(60-29(9)51)27(7)38(53)26(6)37(52)23(3)13-12-14-24(4)44(57)47-36(40(32)55)35(34)49-46;2*1-3-9(7-13)11-5-6-12-10(4-2)8-14;7-9-6(10)5-1-3-8-4-2-5;6-5(9)4-3-7-1-2-8-4/h12-15,20,22-23,25-27,30,37-38,41,49,52-54H,16-19,21H2,1-11H3,(H,47,57);2*9-14H,3-8H2,1-2H3;1-4H,7H2,(H,9,10);1-3H,(H2,6,9)/b13-12+,20-15+,24-14-;;;;/t23-,25+,26+,27+,30-,37-,38+,41+,45-;2*9-,10-;;/m000../s1. The zero-order valence-electron chi connectivity index (χ0n) is 65.6. The Bertz CT molecular complexity index is 3450. The van der Waals surface area contributed by atoms with Crippen molar-refractivity contribution < 1.29 is 83.5 Å². The van der Waals surface area contributed by atoms with Gasteiger partial charge in [0.1, 0.15) is 34.7 Å². The van der Waals surface area contributed by atoms with Crippen molar-refractivity contribution in [3.05, 3.63) is 124 Å². The highest BCUT2D eigenvalue weighted by Gasteiger charge is 2.55. The smallest absolute Gasteiger partial charge is 0.312 e. The molecule has 3 amide bonds. The number of ether oxygens (including phenoxy) is 4. The fraction of sp³-hybridized carbons (Fsp3) is 0.610. The van der Waals surface area contributed by atoms with E-state index in [-0.39, 0.29) is 113 Å². The maximum atomic E-state index is 14.7. The van der Waals surface area contributed by atoms with E-state index in [2.05, 4.69) is 65.6 Å². The number of ketones is 2. The van der Waals surface area contributed by atoms with Gasteiger partial charge in [0.2, 0.25) is 5.78 Å². The Hall–Kier alpha value is -8.02. The molecule has 602 valence electrons. The maximum Gasteiger partial charge on any atom is 0.312 e. The van der Waals surface area contributed by atoms with Crippen LogP contribution in [-0.2, 0) is 23.8 Å². The number of likely N-dealkylation sites (tertiary alicyclic amines) is 1. The number of aliphatic hydroxyl groups is 6. The van der Waals surface area contributed by atoms with E-state index in [0.29, 0.717) is 24.3 Å². The number of amides is 3. The van der Waals surface area contributed by atoms with E-state index in [4.69, 9.17) is 55.9 Å². The highest BCUT2D eigenvalue weighted by atomic mass is 16.7. The van der Waals surface area contributed by atoms with Gasteiger partial charge in [0.25, 0.3) is 23.5 Å². The minimum Gasteiger partial charge on any atom is -0.507 e. The summed E-state index contributed by atoms with van der Waals surface area (Å²) in [4.78, 5) is 95.4. The van der Waals surface area contributed by atoms with E-state index >= 15 is 0 Å². The molecular weight excluding hydrogens is 1390 g/mol. The van der Waals surface area contributed by atoms with Crippen molar-refractivity contribution in [1.82, 2.24) is 57.2 Å². The quantitative estimate of drug-likeness (QED) is 0.0201. The number of esters is 1. The molecule has 18 N–H and O–H groups in total. The Morgan fingerprint density at radius 2 is 1.30 bits per heavy atom. The highest BCUT2D eigenvalue weighted by Crippen LogP contribution is 2.50. The number of nitrogens with one attached hydrogen (secondary N) is 7. The summed E-state index contributed by atoms with van der Waals surface area (Å²) < 4.78 is 24.0. The predicted molar refractivity (Wildman–Crippen MR) is 410 cm³/mol. The van der Waals surface area contributed by atoms with E-state index in [1.807, 2.05) is 33.1 Å². The van der Waals surface area contributed by atoms with Crippen LogP contribution in [0.4, 0.5) is 0 Å². The van der Waals surface area contributed by atoms with Crippen LogP contribution in [0, 0.1) is 36.5 Å². The number of carbonyl (C=O) groups is 6. The van der Waals surface area contributed by atoms with E-state index < -0.39 is 94.6 Å². The Kier molecular flexibility index (Phi) is 39.2. The first-order chi connectivity index (χ1) is 51.3. The minimum absolute atomic E-state index is 0.0164. The van der Waals surface area contributed by atoms with Crippen LogP contribution >= 0.6 is 0 Å². The first-order valence-corrected chi connectivity index (χ1v) is 37.3. The van der Waals surface area contributed by atoms with Gasteiger partial charge in [0.15, 0.2) is 0 Å². The number of aromatic nitrogens is 3. The van der Waals surface area contributed by atoms with E-state index in [0.717, 1.165) is 71.5 Å². The average molecular weight is 1520 g/mol. The van der Waals surface area contributed by atoms with Crippen LogP contribution in [0.5, 0.6) is 11.5 Å². The number of hydrogen-bond acceptors (Lipinski definition) is 28. The number of piperidine rings is 1. The number of aliphatic imine (C=N–C) groups is 1. The van der Waals surface area contributed by atoms with Crippen LogP contribution in [0.1, 0.15) is 181 Å². The first kappa shape index (κ1) is 92.4. The fourth-order valence-corrected chi connectivity index (χ4v) is 12.7. The van der Waals surface area contributed by atoms with Gasteiger partial charge in [-0.2, -0.15) is 0 Å². The van der Waals surface area contributed by atoms with Crippen LogP contribution in [0.3, 0.4) is 0 Å². The molecule has 8 rings (SSSR count). The van der Waals surface area contributed by atoms with Crippen LogP contribution in [0.15, 0.2) is 95.6 Å². The van der Waals surface area contributed by atoms with Crippen molar-refractivity contribution >= 4 is 41.0 Å². The molecule has 31 nitrogen and oxygen atoms in total. The molecule has 0 unspecified atom stereocenters. The molecule has 1 aromatic carbocycles. The van der Waals surface area contributed by atoms with Crippen LogP contribution in [0.25, 0.3) is 0 Å². The number of phenolic OH excluding ortho intramolecular Hbond substituents is 1. The zero-order chi connectivity index (χ0) is 80.6. The molecule has 13 atom stereocenters. The molecule has 1 spiro atoms. The normalized spacial score (nSPS) is 24.7. The molecule has 4 aliphatic heterocycles. The Morgan fingerprint density at radius 1 is 0.750 bits per heavy atom. The third-order valence-corrected chi connectivity index (χ3v) is 19.7. The number of pyridine rings is 1. The number of methoxy groups -OCH3 is 1. The van der Waals surface area contributed by atoms with Crippen molar-refractivity contribution in [1.29, 1.82) is 0 Å². The summed E-state index contributed by atoms with van der Waals surface area (Å²) in [5.74, 6) is -2.76. The molecule has 5 aliphatic rings. The topological polar surface area (TPSA) is 471 Å². The SMILES string of the molecule is CC[C@@H](CO)NCCN[C@@H](CC)CO.CC[C@@H](CO)NCCN[C@@H](CC)CO.CO[C@H]1/C=C/O[C@@]2(C)Oc3c(C)c(O)c4c(c3C2=O)C2=NC3(CCN(CC(C)C)CC3)NC2=C(NC(=O)/C(C)=C\C=C\[C@H](C)[C@H](O)[C@@H](C)[C@@H](O)[C@@H](C)[C@H](OC(C)=O)[C@@H]1C)C4=O.NC(=O)c1cnccn1.NNC(=O)c1ccncc1. The molecule has 6 heterocycles. The lowest BCUT2D eigenvalue weighted by Crippen LogP contribution is -2.50. The fourth-order valence-electron chi connectivity index (χ4n) is 12.7. The van der Waals surface area contributed by atoms with Crippen LogP contribution < -0.4 is 53.6 Å². The highest BCUT2D eigenvalue weighted by molar-refractivity contribution is 6.34. The lowest BCUT2D eigenvalue weighted by molar-refractivity contribution is -0.160. The second kappa shape index (κ2) is 45.8. The molecule has 1 aliphatic carbocycles. The minimum atomic E-state index is -1.97. The Labute approximate surface area is 635 Å².